The molecule has 4 aromatic rings. The molecular formula is C18H6Br6. The van der Waals surface area contributed by atoms with Crippen molar-refractivity contribution < 1.29 is 0 Å². The molecule has 0 heterocycles. The number of fused-ring (bicyclic) bond motifs is 6. The largest absolute Gasteiger partial charge is 0.0496 e. The number of benzene rings is 4. The summed E-state index contributed by atoms with van der Waals surface area (Å²) in [6.07, 6.45) is 0. The van der Waals surface area contributed by atoms with Gasteiger partial charge in [-0.05, 0) is 164 Å². The average Bonchev–Trinajstić information content (AvgIpc) is 2.53. The van der Waals surface area contributed by atoms with Crippen LogP contribution < -0.4 is 0 Å². The van der Waals surface area contributed by atoms with Gasteiger partial charge in [-0.1, -0.05) is 0 Å². The zero-order chi connectivity index (χ0) is 17.2. The van der Waals surface area contributed by atoms with Crippen LogP contribution in [-0.4, -0.2) is 0 Å². The Morgan fingerprint density at radius 3 is 0.542 bits per heavy atom. The van der Waals surface area contributed by atoms with Crippen molar-refractivity contribution in [3.8, 4) is 0 Å². The summed E-state index contributed by atoms with van der Waals surface area (Å²) in [5.41, 5.74) is 0. The second kappa shape index (κ2) is 6.61. The summed E-state index contributed by atoms with van der Waals surface area (Å²) >= 11 is 21.8. The van der Waals surface area contributed by atoms with Crippen LogP contribution in [0.3, 0.4) is 0 Å². The number of hydrogen-bond donors (Lipinski definition) is 0. The van der Waals surface area contributed by atoms with Crippen molar-refractivity contribution in [2.45, 2.75) is 0 Å². The zero-order valence-corrected chi connectivity index (χ0v) is 21.2. The van der Waals surface area contributed by atoms with Gasteiger partial charge in [0, 0.05) is 26.8 Å². The van der Waals surface area contributed by atoms with E-state index in [-0.39, 0.29) is 0 Å². The van der Waals surface area contributed by atoms with E-state index in [9.17, 15) is 0 Å². The standard InChI is InChI=1S/C18H6Br6/c19-13-1-7-8(2-14(13)20)10-4-17(23)18(24)6-12(10)11-5-16(22)15(21)3-9(7)11/h1-6H. The van der Waals surface area contributed by atoms with E-state index in [4.69, 9.17) is 0 Å². The Labute approximate surface area is 189 Å². The van der Waals surface area contributed by atoms with Gasteiger partial charge in [-0.15, -0.1) is 0 Å². The third kappa shape index (κ3) is 2.85. The first-order valence-electron chi connectivity index (χ1n) is 6.85. The molecule has 24 heavy (non-hydrogen) atoms. The van der Waals surface area contributed by atoms with Crippen LogP contribution in [0, 0.1) is 0 Å². The van der Waals surface area contributed by atoms with Crippen LogP contribution in [0.4, 0.5) is 0 Å². The van der Waals surface area contributed by atoms with Crippen LogP contribution >= 0.6 is 95.6 Å². The van der Waals surface area contributed by atoms with E-state index in [1.807, 2.05) is 0 Å². The molecule has 0 bridgehead atoms. The molecule has 0 radical (unpaired) electrons. The SMILES string of the molecule is Brc1cc2c3cc(Br)c(Br)cc3c3cc(Br)c(Br)cc3c2cc1Br. The van der Waals surface area contributed by atoms with Gasteiger partial charge in [0.25, 0.3) is 0 Å². The Bertz CT molecular complexity index is 896. The van der Waals surface area contributed by atoms with Crippen molar-refractivity contribution in [1.29, 1.82) is 0 Å². The lowest BCUT2D eigenvalue weighted by Gasteiger charge is -2.14. The Morgan fingerprint density at radius 1 is 0.292 bits per heavy atom. The van der Waals surface area contributed by atoms with Gasteiger partial charge in [0.2, 0.25) is 0 Å². The molecular weight excluding hydrogens is 696 g/mol. The van der Waals surface area contributed by atoms with E-state index in [1.54, 1.807) is 0 Å². The minimum atomic E-state index is 1.05. The highest BCUT2D eigenvalue weighted by atomic mass is 79.9. The van der Waals surface area contributed by atoms with Crippen LogP contribution in [-0.2, 0) is 0 Å². The first kappa shape index (κ1) is 17.9. The molecule has 0 N–H and O–H groups in total. The van der Waals surface area contributed by atoms with Crippen LogP contribution in [0.1, 0.15) is 0 Å². The molecule has 0 amide bonds. The third-order valence-electron chi connectivity index (χ3n) is 4.05. The maximum absolute atomic E-state index is 3.64. The molecule has 4 rings (SSSR count). The van der Waals surface area contributed by atoms with Crippen LogP contribution in [0.15, 0.2) is 63.2 Å². The van der Waals surface area contributed by atoms with Gasteiger partial charge in [0.15, 0.2) is 0 Å². The molecule has 0 aliphatic heterocycles. The molecule has 0 atom stereocenters. The Balaban J connectivity index is 2.40. The van der Waals surface area contributed by atoms with Gasteiger partial charge >= 0.3 is 0 Å². The lowest BCUT2D eigenvalue weighted by atomic mass is 9.94. The highest BCUT2D eigenvalue weighted by molar-refractivity contribution is 9.13. The minimum absolute atomic E-state index is 1.05. The number of rotatable bonds is 0. The lowest BCUT2D eigenvalue weighted by molar-refractivity contribution is 1.63. The molecule has 0 nitrogen and oxygen atoms in total. The Hall–Kier alpha value is 0.540. The van der Waals surface area contributed by atoms with Gasteiger partial charge in [-0.3, -0.25) is 0 Å². The minimum Gasteiger partial charge on any atom is -0.0496 e. The van der Waals surface area contributed by atoms with E-state index < -0.39 is 0 Å². The first-order chi connectivity index (χ1) is 11.4. The maximum atomic E-state index is 3.64. The lowest BCUT2D eigenvalue weighted by Crippen LogP contribution is -1.86. The smallest absolute Gasteiger partial charge is 0.0324 e. The molecule has 0 saturated carbocycles. The zero-order valence-electron chi connectivity index (χ0n) is 11.7. The maximum Gasteiger partial charge on any atom is 0.0324 e. The van der Waals surface area contributed by atoms with Gasteiger partial charge in [-0.2, -0.15) is 0 Å². The topological polar surface area (TPSA) is 0 Å². The Morgan fingerprint density at radius 2 is 0.417 bits per heavy atom. The predicted octanol–water partition coefficient (Wildman–Crippen LogP) is 9.72. The molecule has 0 spiro atoms. The summed E-state index contributed by atoms with van der Waals surface area (Å²) in [5, 5.41) is 7.31. The summed E-state index contributed by atoms with van der Waals surface area (Å²) in [6, 6.07) is 13.1. The second-order valence-corrected chi connectivity index (χ2v) is 10.6. The summed E-state index contributed by atoms with van der Waals surface area (Å²) in [6.45, 7) is 0. The molecule has 0 aliphatic rings. The fraction of sp³-hybridized carbons (Fsp3) is 0. The first-order valence-corrected chi connectivity index (χ1v) is 11.6. The fourth-order valence-corrected chi connectivity index (χ4v) is 5.04. The highest BCUT2D eigenvalue weighted by Crippen LogP contribution is 2.43. The number of halogens is 6. The van der Waals surface area contributed by atoms with Gasteiger partial charge in [0.1, 0.15) is 0 Å². The molecule has 4 aromatic carbocycles. The van der Waals surface area contributed by atoms with E-state index >= 15 is 0 Å². The summed E-state index contributed by atoms with van der Waals surface area (Å²) in [4.78, 5) is 0. The van der Waals surface area contributed by atoms with Crippen LogP contribution in [0.5, 0.6) is 0 Å². The van der Waals surface area contributed by atoms with E-state index in [0.717, 1.165) is 26.8 Å². The van der Waals surface area contributed by atoms with Crippen molar-refractivity contribution in [3.63, 3.8) is 0 Å². The second-order valence-electron chi connectivity index (χ2n) is 5.44. The quantitative estimate of drug-likeness (QED) is 0.160. The van der Waals surface area contributed by atoms with Gasteiger partial charge in [0.05, 0.1) is 0 Å². The monoisotopic (exact) mass is 696 g/mol. The van der Waals surface area contributed by atoms with Crippen molar-refractivity contribution in [3.05, 3.63) is 63.2 Å². The molecule has 120 valence electrons. The fourth-order valence-electron chi connectivity index (χ4n) is 2.98. The van der Waals surface area contributed by atoms with Gasteiger partial charge < -0.3 is 0 Å². The molecule has 0 saturated heterocycles. The predicted molar refractivity (Wildman–Crippen MR) is 125 cm³/mol. The van der Waals surface area contributed by atoms with Crippen molar-refractivity contribution >= 4 is 128 Å². The molecule has 6 heteroatoms. The molecule has 0 fully saturated rings. The number of hydrogen-bond acceptors (Lipinski definition) is 0. The molecule has 0 aromatic heterocycles. The van der Waals surface area contributed by atoms with Gasteiger partial charge in [-0.25, -0.2) is 0 Å². The van der Waals surface area contributed by atoms with E-state index in [0.29, 0.717) is 0 Å². The Kier molecular flexibility index (Phi) is 4.94. The van der Waals surface area contributed by atoms with E-state index in [2.05, 4.69) is 132 Å². The summed E-state index contributed by atoms with van der Waals surface area (Å²) < 4.78 is 6.28. The van der Waals surface area contributed by atoms with Crippen molar-refractivity contribution in [2.24, 2.45) is 0 Å². The van der Waals surface area contributed by atoms with Crippen LogP contribution in [0.25, 0.3) is 32.3 Å². The van der Waals surface area contributed by atoms with Crippen LogP contribution in [0.2, 0.25) is 0 Å². The average molecular weight is 702 g/mol. The van der Waals surface area contributed by atoms with Crippen molar-refractivity contribution in [2.75, 3.05) is 0 Å². The summed E-state index contributed by atoms with van der Waals surface area (Å²) in [5.74, 6) is 0. The third-order valence-corrected chi connectivity index (χ3v) is 9.58. The highest BCUT2D eigenvalue weighted by Gasteiger charge is 2.14. The molecule has 0 unspecified atom stereocenters. The molecule has 0 aliphatic carbocycles. The normalized spacial score (nSPS) is 11.8. The van der Waals surface area contributed by atoms with E-state index in [1.165, 1.54) is 32.3 Å². The summed E-state index contributed by atoms with van der Waals surface area (Å²) in [7, 11) is 0. The van der Waals surface area contributed by atoms with Crippen molar-refractivity contribution in [1.82, 2.24) is 0 Å².